The quantitative estimate of drug-likeness (QED) is 0.897. The van der Waals surface area contributed by atoms with Gasteiger partial charge in [0, 0.05) is 18.5 Å². The van der Waals surface area contributed by atoms with Gasteiger partial charge in [0.05, 0.1) is 7.11 Å². The summed E-state index contributed by atoms with van der Waals surface area (Å²) in [5.74, 6) is 1.36. The summed E-state index contributed by atoms with van der Waals surface area (Å²) in [6, 6.07) is 3.42. The SMILES string of the molecule is COc1ccc(-c2noc(CC(N)CC(C)(C)C)n2)nn1. The fourth-order valence-corrected chi connectivity index (χ4v) is 2.07. The van der Waals surface area contributed by atoms with E-state index in [0.717, 1.165) is 6.42 Å². The third-order valence-electron chi connectivity index (χ3n) is 2.86. The second-order valence-electron chi connectivity index (χ2n) is 6.20. The Kier molecular flexibility index (Phi) is 4.52. The van der Waals surface area contributed by atoms with Gasteiger partial charge in [0.25, 0.3) is 0 Å². The number of hydrogen-bond acceptors (Lipinski definition) is 7. The van der Waals surface area contributed by atoms with Crippen molar-refractivity contribution in [3.63, 3.8) is 0 Å². The van der Waals surface area contributed by atoms with E-state index in [1.807, 2.05) is 0 Å². The topological polar surface area (TPSA) is 100.0 Å². The van der Waals surface area contributed by atoms with Crippen molar-refractivity contribution in [2.45, 2.75) is 39.7 Å². The lowest BCUT2D eigenvalue weighted by Crippen LogP contribution is -2.28. The summed E-state index contributed by atoms with van der Waals surface area (Å²) < 4.78 is 10.2. The Labute approximate surface area is 123 Å². The molecular formula is C14H21N5O2. The molecule has 7 heteroatoms. The number of nitrogens with zero attached hydrogens (tertiary/aromatic N) is 4. The number of nitrogens with two attached hydrogens (primary N) is 1. The van der Waals surface area contributed by atoms with Gasteiger partial charge in [-0.15, -0.1) is 10.2 Å². The van der Waals surface area contributed by atoms with Crippen LogP contribution < -0.4 is 10.5 Å². The maximum Gasteiger partial charge on any atom is 0.233 e. The molecule has 1 atom stereocenters. The van der Waals surface area contributed by atoms with Gasteiger partial charge in [0.15, 0.2) is 0 Å². The van der Waals surface area contributed by atoms with E-state index in [0.29, 0.717) is 29.7 Å². The van der Waals surface area contributed by atoms with Crippen LogP contribution in [0.25, 0.3) is 11.5 Å². The monoisotopic (exact) mass is 291 g/mol. The summed E-state index contributed by atoms with van der Waals surface area (Å²) >= 11 is 0. The van der Waals surface area contributed by atoms with Crippen molar-refractivity contribution in [2.75, 3.05) is 7.11 Å². The van der Waals surface area contributed by atoms with Gasteiger partial charge < -0.3 is 15.0 Å². The molecule has 0 aliphatic carbocycles. The van der Waals surface area contributed by atoms with Crippen LogP contribution in [0.4, 0.5) is 0 Å². The first-order valence-electron chi connectivity index (χ1n) is 6.83. The summed E-state index contributed by atoms with van der Waals surface area (Å²) in [5, 5.41) is 11.8. The molecule has 0 bridgehead atoms. The Morgan fingerprint density at radius 2 is 2.05 bits per heavy atom. The summed E-state index contributed by atoms with van der Waals surface area (Å²) in [4.78, 5) is 4.30. The molecule has 2 heterocycles. The van der Waals surface area contributed by atoms with E-state index in [4.69, 9.17) is 15.0 Å². The minimum absolute atomic E-state index is 0.0137. The zero-order chi connectivity index (χ0) is 15.5. The average Bonchev–Trinajstić information content (AvgIpc) is 2.85. The van der Waals surface area contributed by atoms with Crippen molar-refractivity contribution in [2.24, 2.45) is 11.1 Å². The van der Waals surface area contributed by atoms with Crippen LogP contribution in [0.2, 0.25) is 0 Å². The third-order valence-corrected chi connectivity index (χ3v) is 2.86. The highest BCUT2D eigenvalue weighted by atomic mass is 16.5. The van der Waals surface area contributed by atoms with Gasteiger partial charge in [0.2, 0.25) is 17.6 Å². The van der Waals surface area contributed by atoms with Gasteiger partial charge in [-0.25, -0.2) is 0 Å². The molecule has 0 aromatic carbocycles. The first-order chi connectivity index (χ1) is 9.87. The molecular weight excluding hydrogens is 270 g/mol. The van der Waals surface area contributed by atoms with Crippen molar-refractivity contribution in [3.05, 3.63) is 18.0 Å². The van der Waals surface area contributed by atoms with E-state index in [1.165, 1.54) is 7.11 Å². The molecule has 0 spiro atoms. The number of methoxy groups -OCH3 is 1. The number of aromatic nitrogens is 4. The van der Waals surface area contributed by atoms with Crippen LogP contribution in [0.15, 0.2) is 16.7 Å². The highest BCUT2D eigenvalue weighted by molar-refractivity contribution is 5.47. The molecule has 2 aromatic rings. The maximum absolute atomic E-state index is 6.11. The normalized spacial score (nSPS) is 13.2. The number of ether oxygens (including phenoxy) is 1. The molecule has 2 aromatic heterocycles. The molecule has 0 saturated carbocycles. The number of rotatable bonds is 5. The zero-order valence-corrected chi connectivity index (χ0v) is 12.8. The van der Waals surface area contributed by atoms with Crippen LogP contribution in [0.3, 0.4) is 0 Å². The minimum atomic E-state index is -0.0137. The number of hydrogen-bond donors (Lipinski definition) is 1. The molecule has 2 rings (SSSR count). The summed E-state index contributed by atoms with van der Waals surface area (Å²) in [6.45, 7) is 6.46. The third kappa shape index (κ3) is 4.49. The van der Waals surface area contributed by atoms with Gasteiger partial charge in [0.1, 0.15) is 5.69 Å². The van der Waals surface area contributed by atoms with Crippen LogP contribution >= 0.6 is 0 Å². The van der Waals surface area contributed by atoms with Crippen LogP contribution in [0.1, 0.15) is 33.1 Å². The largest absolute Gasteiger partial charge is 0.480 e. The second-order valence-corrected chi connectivity index (χ2v) is 6.20. The van der Waals surface area contributed by atoms with Crippen LogP contribution in [0, 0.1) is 5.41 Å². The molecule has 1 unspecified atom stereocenters. The predicted octanol–water partition coefficient (Wildman–Crippen LogP) is 1.84. The van der Waals surface area contributed by atoms with Crippen molar-refractivity contribution >= 4 is 0 Å². The van der Waals surface area contributed by atoms with Gasteiger partial charge in [-0.2, -0.15) is 4.98 Å². The summed E-state index contributed by atoms with van der Waals surface area (Å²) in [7, 11) is 1.53. The highest BCUT2D eigenvalue weighted by Gasteiger charge is 2.19. The van der Waals surface area contributed by atoms with Crippen molar-refractivity contribution in [1.29, 1.82) is 0 Å². The Morgan fingerprint density at radius 3 is 2.62 bits per heavy atom. The van der Waals surface area contributed by atoms with Crippen LogP contribution in [-0.2, 0) is 6.42 Å². The lowest BCUT2D eigenvalue weighted by Gasteiger charge is -2.21. The molecule has 2 N–H and O–H groups in total. The molecule has 0 radical (unpaired) electrons. The first kappa shape index (κ1) is 15.4. The molecule has 21 heavy (non-hydrogen) atoms. The Balaban J connectivity index is 2.03. The second kappa shape index (κ2) is 6.17. The van der Waals surface area contributed by atoms with E-state index >= 15 is 0 Å². The Hall–Kier alpha value is -2.02. The van der Waals surface area contributed by atoms with Crippen molar-refractivity contribution in [3.8, 4) is 17.4 Å². The predicted molar refractivity (Wildman–Crippen MR) is 77.6 cm³/mol. The fraction of sp³-hybridized carbons (Fsp3) is 0.571. The molecule has 0 fully saturated rings. The van der Waals surface area contributed by atoms with Crippen molar-refractivity contribution < 1.29 is 9.26 Å². The standard InChI is InChI=1S/C14H21N5O2/c1-14(2,3)8-9(15)7-12-16-13(19-21-12)10-5-6-11(20-4)18-17-10/h5-6,9H,7-8,15H2,1-4H3. The zero-order valence-electron chi connectivity index (χ0n) is 12.8. The minimum Gasteiger partial charge on any atom is -0.480 e. The van der Waals surface area contributed by atoms with Gasteiger partial charge in [-0.1, -0.05) is 25.9 Å². The molecule has 7 nitrogen and oxygen atoms in total. The Morgan fingerprint density at radius 1 is 1.29 bits per heavy atom. The maximum atomic E-state index is 6.11. The Bertz CT molecular complexity index is 574. The van der Waals surface area contributed by atoms with Gasteiger partial charge in [-0.05, 0) is 17.9 Å². The molecule has 0 amide bonds. The van der Waals surface area contributed by atoms with Crippen LogP contribution in [-0.4, -0.2) is 33.5 Å². The van der Waals surface area contributed by atoms with E-state index in [-0.39, 0.29) is 11.5 Å². The van der Waals surface area contributed by atoms with E-state index in [2.05, 4.69) is 41.1 Å². The van der Waals surface area contributed by atoms with Gasteiger partial charge >= 0.3 is 0 Å². The van der Waals surface area contributed by atoms with Gasteiger partial charge in [-0.3, -0.25) is 0 Å². The first-order valence-corrected chi connectivity index (χ1v) is 6.83. The lowest BCUT2D eigenvalue weighted by molar-refractivity contribution is 0.313. The summed E-state index contributed by atoms with van der Waals surface area (Å²) in [5.41, 5.74) is 6.81. The molecule has 0 saturated heterocycles. The van der Waals surface area contributed by atoms with Crippen LogP contribution in [0.5, 0.6) is 5.88 Å². The van der Waals surface area contributed by atoms with Crippen molar-refractivity contribution in [1.82, 2.24) is 20.3 Å². The smallest absolute Gasteiger partial charge is 0.233 e. The van der Waals surface area contributed by atoms with E-state index in [9.17, 15) is 0 Å². The lowest BCUT2D eigenvalue weighted by atomic mass is 9.87. The molecule has 0 aliphatic rings. The average molecular weight is 291 g/mol. The molecule has 114 valence electrons. The van der Waals surface area contributed by atoms with E-state index in [1.54, 1.807) is 12.1 Å². The molecule has 0 aliphatic heterocycles. The fourth-order valence-electron chi connectivity index (χ4n) is 2.07. The highest BCUT2D eigenvalue weighted by Crippen LogP contribution is 2.22. The summed E-state index contributed by atoms with van der Waals surface area (Å²) in [6.07, 6.45) is 1.43. The van der Waals surface area contributed by atoms with E-state index < -0.39 is 0 Å².